The van der Waals surface area contributed by atoms with Crippen LogP contribution in [0, 0.1) is 0 Å². The molecule has 0 saturated heterocycles. The molecule has 0 spiro atoms. The van der Waals surface area contributed by atoms with Crippen molar-refractivity contribution < 1.29 is 4.79 Å². The molecule has 3 heteroatoms. The Morgan fingerprint density at radius 2 is 2.15 bits per heavy atom. The number of nitrogens with zero attached hydrogens (tertiary/aromatic N) is 1. The van der Waals surface area contributed by atoms with Gasteiger partial charge in [-0.15, -0.1) is 0 Å². The lowest BCUT2D eigenvalue weighted by Crippen LogP contribution is -1.87. The molecule has 0 amide bonds. The van der Waals surface area contributed by atoms with Gasteiger partial charge in [0.15, 0.2) is 6.29 Å². The van der Waals surface area contributed by atoms with Crippen LogP contribution in [0.1, 0.15) is 10.4 Å². The van der Waals surface area contributed by atoms with Gasteiger partial charge >= 0.3 is 0 Å². The highest BCUT2D eigenvalue weighted by Crippen LogP contribution is 2.15. The molecule has 1 heterocycles. The second kappa shape index (κ2) is 2.86. The van der Waals surface area contributed by atoms with Crippen LogP contribution >= 0.6 is 0 Å². The second-order valence-electron chi connectivity index (χ2n) is 2.84. The van der Waals surface area contributed by atoms with Crippen LogP contribution in [0.15, 0.2) is 30.5 Å². The summed E-state index contributed by atoms with van der Waals surface area (Å²) in [6, 6.07) is 7.19. The maximum absolute atomic E-state index is 10.5. The fourth-order valence-electron chi connectivity index (χ4n) is 1.23. The number of hydrogen-bond acceptors (Lipinski definition) is 3. The van der Waals surface area contributed by atoms with E-state index < -0.39 is 0 Å². The minimum Gasteiger partial charge on any atom is -0.399 e. The number of nitrogens with two attached hydrogens (primary N) is 1. The Hall–Kier alpha value is -1.90. The maximum atomic E-state index is 10.5. The van der Waals surface area contributed by atoms with Crippen LogP contribution in [0.25, 0.3) is 10.9 Å². The van der Waals surface area contributed by atoms with Crippen LogP contribution < -0.4 is 5.73 Å². The Morgan fingerprint density at radius 3 is 2.92 bits per heavy atom. The zero-order chi connectivity index (χ0) is 9.26. The number of aromatic nitrogens is 1. The monoisotopic (exact) mass is 172 g/mol. The first-order valence-electron chi connectivity index (χ1n) is 3.90. The molecule has 2 aromatic rings. The van der Waals surface area contributed by atoms with E-state index in [1.807, 2.05) is 6.07 Å². The van der Waals surface area contributed by atoms with Gasteiger partial charge in [-0.05, 0) is 24.3 Å². The van der Waals surface area contributed by atoms with Crippen molar-refractivity contribution in [1.29, 1.82) is 0 Å². The van der Waals surface area contributed by atoms with E-state index in [0.717, 1.165) is 17.2 Å². The fourth-order valence-corrected chi connectivity index (χ4v) is 1.23. The van der Waals surface area contributed by atoms with E-state index in [-0.39, 0.29) is 0 Å². The van der Waals surface area contributed by atoms with Gasteiger partial charge in [0.25, 0.3) is 0 Å². The molecule has 0 bridgehead atoms. The van der Waals surface area contributed by atoms with Crippen LogP contribution in [0.4, 0.5) is 5.69 Å². The van der Waals surface area contributed by atoms with Gasteiger partial charge in [-0.2, -0.15) is 0 Å². The highest BCUT2D eigenvalue weighted by molar-refractivity contribution is 5.87. The van der Waals surface area contributed by atoms with Gasteiger partial charge in [0.05, 0.1) is 5.52 Å². The summed E-state index contributed by atoms with van der Waals surface area (Å²) in [5.41, 5.74) is 7.69. The Labute approximate surface area is 75.2 Å². The lowest BCUT2D eigenvalue weighted by atomic mass is 10.1. The van der Waals surface area contributed by atoms with Crippen molar-refractivity contribution in [2.75, 3.05) is 5.73 Å². The van der Waals surface area contributed by atoms with Crippen molar-refractivity contribution in [3.63, 3.8) is 0 Å². The quantitative estimate of drug-likeness (QED) is 0.525. The zero-order valence-corrected chi connectivity index (χ0v) is 6.90. The minimum absolute atomic E-state index is 0.568. The summed E-state index contributed by atoms with van der Waals surface area (Å²) in [7, 11) is 0. The number of rotatable bonds is 1. The number of fused-ring (bicyclic) bond motifs is 1. The lowest BCUT2D eigenvalue weighted by Gasteiger charge is -1.98. The Morgan fingerprint density at radius 1 is 1.31 bits per heavy atom. The molecule has 2 N–H and O–H groups in total. The van der Waals surface area contributed by atoms with Gasteiger partial charge in [-0.25, -0.2) is 0 Å². The number of anilines is 1. The molecule has 0 atom stereocenters. The number of hydrogen-bond donors (Lipinski definition) is 1. The van der Waals surface area contributed by atoms with E-state index in [1.54, 1.807) is 24.4 Å². The fraction of sp³-hybridized carbons (Fsp3) is 0. The standard InChI is InChI=1S/C10H8N2O/c11-9-1-2-10-8(4-9)3-7(6-13)5-12-10/h1-6H,11H2. The average molecular weight is 172 g/mol. The number of carbonyl (C=O) groups is 1. The topological polar surface area (TPSA) is 56.0 Å². The summed E-state index contributed by atoms with van der Waals surface area (Å²) in [5, 5.41) is 0.893. The van der Waals surface area contributed by atoms with Gasteiger partial charge in [-0.3, -0.25) is 9.78 Å². The number of nitrogen functional groups attached to an aromatic ring is 1. The third-order valence-electron chi connectivity index (χ3n) is 1.86. The van der Waals surface area contributed by atoms with Crippen molar-refractivity contribution in [2.24, 2.45) is 0 Å². The number of benzene rings is 1. The molecule has 0 unspecified atom stereocenters. The van der Waals surface area contributed by atoms with Crippen LogP contribution in [0.5, 0.6) is 0 Å². The molecule has 0 aliphatic heterocycles. The molecule has 64 valence electrons. The predicted molar refractivity (Wildman–Crippen MR) is 51.5 cm³/mol. The summed E-state index contributed by atoms with van der Waals surface area (Å²) in [4.78, 5) is 14.6. The largest absolute Gasteiger partial charge is 0.399 e. The molecule has 3 nitrogen and oxygen atoms in total. The van der Waals surface area contributed by atoms with Crippen molar-refractivity contribution in [1.82, 2.24) is 4.98 Å². The van der Waals surface area contributed by atoms with E-state index in [2.05, 4.69) is 4.98 Å². The lowest BCUT2D eigenvalue weighted by molar-refractivity contribution is 0.112. The summed E-state index contributed by atoms with van der Waals surface area (Å²) < 4.78 is 0. The maximum Gasteiger partial charge on any atom is 0.151 e. The molecular formula is C10H8N2O. The molecule has 0 fully saturated rings. The Bertz CT molecular complexity index is 465. The minimum atomic E-state index is 0.568. The second-order valence-corrected chi connectivity index (χ2v) is 2.84. The molecule has 0 saturated carbocycles. The first-order valence-corrected chi connectivity index (χ1v) is 3.90. The normalized spacial score (nSPS) is 10.2. The molecule has 1 aromatic carbocycles. The van der Waals surface area contributed by atoms with Crippen LogP contribution in [0.2, 0.25) is 0 Å². The summed E-state index contributed by atoms with van der Waals surface area (Å²) in [5.74, 6) is 0. The van der Waals surface area contributed by atoms with E-state index in [9.17, 15) is 4.79 Å². The average Bonchev–Trinajstić information content (AvgIpc) is 2.16. The Kier molecular flexibility index (Phi) is 1.70. The summed E-state index contributed by atoms with van der Waals surface area (Å²) >= 11 is 0. The van der Waals surface area contributed by atoms with E-state index >= 15 is 0 Å². The summed E-state index contributed by atoms with van der Waals surface area (Å²) in [6.45, 7) is 0. The molecule has 0 radical (unpaired) electrons. The molecule has 0 aliphatic carbocycles. The van der Waals surface area contributed by atoms with Crippen molar-refractivity contribution in [2.45, 2.75) is 0 Å². The highest BCUT2D eigenvalue weighted by atomic mass is 16.1. The number of pyridine rings is 1. The van der Waals surface area contributed by atoms with E-state index in [0.29, 0.717) is 11.3 Å². The summed E-state index contributed by atoms with van der Waals surface area (Å²) in [6.07, 6.45) is 2.32. The predicted octanol–water partition coefficient (Wildman–Crippen LogP) is 1.63. The molecular weight excluding hydrogens is 164 g/mol. The van der Waals surface area contributed by atoms with E-state index in [1.165, 1.54) is 0 Å². The third-order valence-corrected chi connectivity index (χ3v) is 1.86. The number of carbonyl (C=O) groups excluding carboxylic acids is 1. The van der Waals surface area contributed by atoms with Crippen LogP contribution in [-0.4, -0.2) is 11.3 Å². The molecule has 13 heavy (non-hydrogen) atoms. The van der Waals surface area contributed by atoms with Gasteiger partial charge in [-0.1, -0.05) is 0 Å². The highest BCUT2D eigenvalue weighted by Gasteiger charge is 1.96. The van der Waals surface area contributed by atoms with Gasteiger partial charge < -0.3 is 5.73 Å². The first-order chi connectivity index (χ1) is 6.29. The number of aldehydes is 1. The molecule has 1 aromatic heterocycles. The SMILES string of the molecule is Nc1ccc2ncc(C=O)cc2c1. The van der Waals surface area contributed by atoms with Crippen molar-refractivity contribution in [3.05, 3.63) is 36.0 Å². The molecule has 0 aliphatic rings. The van der Waals surface area contributed by atoms with Gasteiger partial charge in [0.1, 0.15) is 0 Å². The van der Waals surface area contributed by atoms with Crippen LogP contribution in [-0.2, 0) is 0 Å². The van der Waals surface area contributed by atoms with Crippen LogP contribution in [0.3, 0.4) is 0 Å². The Balaban J connectivity index is 2.74. The molecule has 2 rings (SSSR count). The van der Waals surface area contributed by atoms with Crippen molar-refractivity contribution in [3.8, 4) is 0 Å². The van der Waals surface area contributed by atoms with E-state index in [4.69, 9.17) is 5.73 Å². The van der Waals surface area contributed by atoms with Crippen molar-refractivity contribution >= 4 is 22.9 Å². The van der Waals surface area contributed by atoms with Gasteiger partial charge in [0, 0.05) is 22.8 Å². The smallest absolute Gasteiger partial charge is 0.151 e. The third kappa shape index (κ3) is 1.36. The van der Waals surface area contributed by atoms with Gasteiger partial charge in [0.2, 0.25) is 0 Å². The zero-order valence-electron chi connectivity index (χ0n) is 6.90. The first kappa shape index (κ1) is 7.73.